The lowest BCUT2D eigenvalue weighted by Gasteiger charge is -2.29. The number of rotatable bonds is 6. The molecule has 3 saturated carbocycles. The van der Waals surface area contributed by atoms with E-state index < -0.39 is 0 Å². The van der Waals surface area contributed by atoms with Crippen LogP contribution in [0.3, 0.4) is 0 Å². The molecule has 3 fully saturated rings. The molecule has 0 aliphatic heterocycles. The van der Waals surface area contributed by atoms with E-state index in [0.29, 0.717) is 5.92 Å². The van der Waals surface area contributed by atoms with Gasteiger partial charge in [-0.25, -0.2) is 0 Å². The lowest BCUT2D eigenvalue weighted by Crippen LogP contribution is -2.16. The van der Waals surface area contributed by atoms with Crippen molar-refractivity contribution < 1.29 is 0 Å². The van der Waals surface area contributed by atoms with Crippen LogP contribution in [0.15, 0.2) is 115 Å². The van der Waals surface area contributed by atoms with Crippen molar-refractivity contribution in [3.8, 4) is 22.3 Å². The lowest BCUT2D eigenvalue weighted by atomic mass is 9.82. The van der Waals surface area contributed by atoms with Crippen LogP contribution in [0.4, 0.5) is 17.1 Å². The van der Waals surface area contributed by atoms with Crippen molar-refractivity contribution in [1.29, 1.82) is 0 Å². The number of hydrogen-bond donors (Lipinski definition) is 0. The van der Waals surface area contributed by atoms with Gasteiger partial charge in [0.15, 0.2) is 0 Å². The van der Waals surface area contributed by atoms with Crippen LogP contribution < -0.4 is 4.90 Å². The molecule has 5 aromatic rings. The maximum atomic E-state index is 2.50. The molecule has 47 heavy (non-hydrogen) atoms. The molecule has 4 aliphatic rings. The molecule has 3 unspecified atom stereocenters. The number of hydrogen-bond acceptors (Lipinski definition) is 1. The van der Waals surface area contributed by atoms with E-state index in [2.05, 4.69) is 134 Å². The molecule has 0 N–H and O–H groups in total. The van der Waals surface area contributed by atoms with Crippen molar-refractivity contribution in [2.45, 2.75) is 88.9 Å². The molecule has 9 rings (SSSR count). The quantitative estimate of drug-likeness (QED) is 0.184. The molecule has 236 valence electrons. The van der Waals surface area contributed by atoms with E-state index in [1.54, 1.807) is 5.56 Å². The number of benzene rings is 5. The molecule has 3 atom stereocenters. The molecular weight excluding hydrogens is 567 g/mol. The van der Waals surface area contributed by atoms with Crippen LogP contribution >= 0.6 is 0 Å². The zero-order valence-corrected chi connectivity index (χ0v) is 28.1. The summed E-state index contributed by atoms with van der Waals surface area (Å²) in [5, 5.41) is 0. The minimum atomic E-state index is -0.0714. The zero-order chi connectivity index (χ0) is 31.5. The molecule has 2 bridgehead atoms. The summed E-state index contributed by atoms with van der Waals surface area (Å²) in [4.78, 5) is 2.50. The van der Waals surface area contributed by atoms with E-state index in [1.165, 1.54) is 114 Å². The normalized spacial score (nSPS) is 22.6. The summed E-state index contributed by atoms with van der Waals surface area (Å²) in [5.74, 6) is 3.34. The third kappa shape index (κ3) is 5.05. The fraction of sp³-hybridized carbons (Fsp3) is 0.348. The predicted molar refractivity (Wildman–Crippen MR) is 198 cm³/mol. The third-order valence-corrected chi connectivity index (χ3v) is 12.6. The van der Waals surface area contributed by atoms with Crippen LogP contribution in [0.1, 0.15) is 106 Å². The summed E-state index contributed by atoms with van der Waals surface area (Å²) < 4.78 is 0. The Morgan fingerprint density at radius 2 is 1.23 bits per heavy atom. The Morgan fingerprint density at radius 1 is 0.532 bits per heavy atom. The highest BCUT2D eigenvalue weighted by molar-refractivity contribution is 5.87. The van der Waals surface area contributed by atoms with Crippen LogP contribution in [0.25, 0.3) is 22.3 Å². The standard InChI is InChI=1S/C46H47N/c1-46(2)44-26-19-36(33-11-7-4-8-12-33)29-43(44)41-25-24-40(30-45(41)46)47(38-20-15-34(16-21-38)32-9-5-3-6-10-32)39-22-17-35(18-23-39)42-28-31-13-14-37(42)27-31/h4,7-8,11-12,15-26,29-32,37,42H,3,5-6,9-10,13-14,27-28H2,1-2H3. The minimum absolute atomic E-state index is 0.0714. The Kier molecular flexibility index (Phi) is 7.14. The highest BCUT2D eigenvalue weighted by Gasteiger charge is 2.40. The third-order valence-electron chi connectivity index (χ3n) is 12.6. The van der Waals surface area contributed by atoms with Gasteiger partial charge in [-0.2, -0.15) is 0 Å². The fourth-order valence-corrected chi connectivity index (χ4v) is 9.99. The van der Waals surface area contributed by atoms with Crippen molar-refractivity contribution in [2.75, 3.05) is 4.90 Å². The van der Waals surface area contributed by atoms with Gasteiger partial charge in [-0.3, -0.25) is 0 Å². The van der Waals surface area contributed by atoms with Gasteiger partial charge in [0, 0.05) is 22.5 Å². The first-order chi connectivity index (χ1) is 23.0. The van der Waals surface area contributed by atoms with E-state index in [9.17, 15) is 0 Å². The minimum Gasteiger partial charge on any atom is -0.310 e. The smallest absolute Gasteiger partial charge is 0.0465 e. The van der Waals surface area contributed by atoms with Crippen molar-refractivity contribution in [3.63, 3.8) is 0 Å². The maximum absolute atomic E-state index is 2.50. The average molecular weight is 614 g/mol. The van der Waals surface area contributed by atoms with E-state index in [-0.39, 0.29) is 5.41 Å². The van der Waals surface area contributed by atoms with Crippen molar-refractivity contribution in [2.24, 2.45) is 11.8 Å². The molecule has 1 heteroatoms. The van der Waals surface area contributed by atoms with E-state index in [0.717, 1.165) is 17.8 Å². The monoisotopic (exact) mass is 613 g/mol. The number of nitrogens with zero attached hydrogens (tertiary/aromatic N) is 1. The second-order valence-corrected chi connectivity index (χ2v) is 15.6. The number of anilines is 3. The second kappa shape index (κ2) is 11.6. The second-order valence-electron chi connectivity index (χ2n) is 15.6. The van der Waals surface area contributed by atoms with Gasteiger partial charge in [-0.15, -0.1) is 0 Å². The summed E-state index contributed by atoms with van der Waals surface area (Å²) in [6.07, 6.45) is 12.5. The van der Waals surface area contributed by atoms with E-state index in [4.69, 9.17) is 0 Å². The number of fused-ring (bicyclic) bond motifs is 5. The Hall–Kier alpha value is -4.10. The van der Waals surface area contributed by atoms with Crippen LogP contribution in [-0.4, -0.2) is 0 Å². The molecule has 0 heterocycles. The lowest BCUT2D eigenvalue weighted by molar-refractivity contribution is 0.420. The van der Waals surface area contributed by atoms with E-state index in [1.807, 2.05) is 0 Å². The van der Waals surface area contributed by atoms with Gasteiger partial charge in [0.1, 0.15) is 0 Å². The van der Waals surface area contributed by atoms with Crippen molar-refractivity contribution in [3.05, 3.63) is 138 Å². The summed E-state index contributed by atoms with van der Waals surface area (Å²) in [7, 11) is 0. The summed E-state index contributed by atoms with van der Waals surface area (Å²) in [6, 6.07) is 44.4. The van der Waals surface area contributed by atoms with Gasteiger partial charge in [-0.05, 0) is 143 Å². The van der Waals surface area contributed by atoms with Crippen LogP contribution in [-0.2, 0) is 5.41 Å². The highest BCUT2D eigenvalue weighted by atomic mass is 15.1. The highest BCUT2D eigenvalue weighted by Crippen LogP contribution is 2.54. The van der Waals surface area contributed by atoms with Gasteiger partial charge in [0.25, 0.3) is 0 Å². The van der Waals surface area contributed by atoms with Crippen LogP contribution in [0.5, 0.6) is 0 Å². The van der Waals surface area contributed by atoms with Gasteiger partial charge in [0.2, 0.25) is 0 Å². The molecule has 5 aromatic carbocycles. The van der Waals surface area contributed by atoms with Crippen molar-refractivity contribution >= 4 is 17.1 Å². The molecule has 0 spiro atoms. The van der Waals surface area contributed by atoms with Gasteiger partial charge in [-0.1, -0.05) is 112 Å². The van der Waals surface area contributed by atoms with Gasteiger partial charge < -0.3 is 4.90 Å². The Labute approximate surface area is 281 Å². The molecule has 0 amide bonds. The molecule has 0 aromatic heterocycles. The van der Waals surface area contributed by atoms with Crippen LogP contribution in [0, 0.1) is 11.8 Å². The first-order valence-electron chi connectivity index (χ1n) is 18.4. The SMILES string of the molecule is CC1(C)c2ccc(-c3ccccc3)cc2-c2ccc(N(c3ccc(C4CCCCC4)cc3)c3ccc(C4CC5CCC4C5)cc3)cc21. The molecule has 1 nitrogen and oxygen atoms in total. The molecule has 0 radical (unpaired) electrons. The van der Waals surface area contributed by atoms with Crippen molar-refractivity contribution in [1.82, 2.24) is 0 Å². The summed E-state index contributed by atoms with van der Waals surface area (Å²) in [6.45, 7) is 4.80. The molecule has 4 aliphatic carbocycles. The topological polar surface area (TPSA) is 3.24 Å². The first-order valence-corrected chi connectivity index (χ1v) is 18.4. The predicted octanol–water partition coefficient (Wildman–Crippen LogP) is 13.1. The Bertz CT molecular complexity index is 1890. The van der Waals surface area contributed by atoms with E-state index >= 15 is 0 Å². The van der Waals surface area contributed by atoms with Gasteiger partial charge >= 0.3 is 0 Å². The average Bonchev–Trinajstić information content (AvgIpc) is 3.83. The maximum Gasteiger partial charge on any atom is 0.0465 e. The molecular formula is C46H47N. The van der Waals surface area contributed by atoms with Crippen LogP contribution in [0.2, 0.25) is 0 Å². The summed E-state index contributed by atoms with van der Waals surface area (Å²) >= 11 is 0. The first kappa shape index (κ1) is 29.1. The largest absolute Gasteiger partial charge is 0.310 e. The summed E-state index contributed by atoms with van der Waals surface area (Å²) in [5.41, 5.74) is 14.9. The Balaban J connectivity index is 1.11. The zero-order valence-electron chi connectivity index (χ0n) is 28.1. The van der Waals surface area contributed by atoms with Gasteiger partial charge in [0.05, 0.1) is 0 Å². The fourth-order valence-electron chi connectivity index (χ4n) is 9.99. The molecule has 0 saturated heterocycles. The Morgan fingerprint density at radius 3 is 1.91 bits per heavy atom.